The normalized spacial score (nSPS) is 18.9. The van der Waals surface area contributed by atoms with Crippen LogP contribution in [0.25, 0.3) is 0 Å². The lowest BCUT2D eigenvalue weighted by molar-refractivity contribution is -0.144. The number of imidazole rings is 1. The third-order valence-corrected chi connectivity index (χ3v) is 4.60. The monoisotopic (exact) mass is 313 g/mol. The molecular weight excluding hydrogens is 290 g/mol. The minimum atomic E-state index is -0.621. The molecule has 0 saturated carbocycles. The van der Waals surface area contributed by atoms with Gasteiger partial charge in [0.1, 0.15) is 6.10 Å². The molecule has 1 aliphatic heterocycles. The summed E-state index contributed by atoms with van der Waals surface area (Å²) in [5.41, 5.74) is 2.56. The number of aryl methyl sites for hydroxylation is 1. The van der Waals surface area contributed by atoms with Crippen molar-refractivity contribution in [3.8, 4) is 0 Å². The van der Waals surface area contributed by atoms with Crippen LogP contribution in [0.4, 0.5) is 0 Å². The number of benzene rings is 1. The van der Waals surface area contributed by atoms with Crippen LogP contribution in [0.5, 0.6) is 0 Å². The van der Waals surface area contributed by atoms with Crippen LogP contribution in [-0.2, 0) is 14.9 Å². The first-order valence-corrected chi connectivity index (χ1v) is 7.95. The van der Waals surface area contributed by atoms with Gasteiger partial charge in [-0.1, -0.05) is 24.3 Å². The Morgan fingerprint density at radius 3 is 2.87 bits per heavy atom. The van der Waals surface area contributed by atoms with Gasteiger partial charge in [0.05, 0.1) is 24.9 Å². The summed E-state index contributed by atoms with van der Waals surface area (Å²) in [7, 11) is 0. The minimum absolute atomic E-state index is 0.0635. The number of hydrogen-bond acceptors (Lipinski definition) is 3. The second kappa shape index (κ2) is 6.16. The fourth-order valence-electron chi connectivity index (χ4n) is 3.08. The first-order chi connectivity index (χ1) is 11.0. The van der Waals surface area contributed by atoms with Gasteiger partial charge in [0.15, 0.2) is 0 Å². The Bertz CT molecular complexity index is 679. The molecule has 1 fully saturated rings. The summed E-state index contributed by atoms with van der Waals surface area (Å²) in [6.45, 7) is 7.71. The quantitative estimate of drug-likeness (QED) is 0.947. The highest BCUT2D eigenvalue weighted by Crippen LogP contribution is 2.29. The third kappa shape index (κ3) is 3.01. The van der Waals surface area contributed by atoms with E-state index in [1.807, 2.05) is 30.9 Å². The van der Waals surface area contributed by atoms with E-state index in [0.717, 1.165) is 11.3 Å². The maximum atomic E-state index is 13.0. The number of carbonyl (C=O) groups excluding carboxylic acids is 1. The number of ether oxygens (including phenoxy) is 1. The number of nitrogens with one attached hydrogen (secondary N) is 1. The first-order valence-electron chi connectivity index (χ1n) is 7.95. The zero-order valence-electron chi connectivity index (χ0n) is 13.9. The average Bonchev–Trinajstić information content (AvgIpc) is 3.10. The van der Waals surface area contributed by atoms with E-state index in [4.69, 9.17) is 4.74 Å². The molecule has 2 heterocycles. The minimum Gasteiger partial charge on any atom is -0.370 e. The van der Waals surface area contributed by atoms with E-state index in [0.29, 0.717) is 19.7 Å². The molecule has 1 aliphatic rings. The Hall–Kier alpha value is -2.14. The molecule has 5 nitrogen and oxygen atoms in total. The molecule has 1 aromatic carbocycles. The van der Waals surface area contributed by atoms with Gasteiger partial charge in [0.25, 0.3) is 0 Å². The van der Waals surface area contributed by atoms with Gasteiger partial charge in [0, 0.05) is 18.4 Å². The molecule has 1 saturated heterocycles. The second-order valence-electron chi connectivity index (χ2n) is 6.56. The third-order valence-electron chi connectivity index (χ3n) is 4.60. The van der Waals surface area contributed by atoms with Crippen molar-refractivity contribution in [2.75, 3.05) is 19.7 Å². The van der Waals surface area contributed by atoms with Crippen molar-refractivity contribution >= 4 is 5.91 Å². The van der Waals surface area contributed by atoms with Crippen molar-refractivity contribution in [3.05, 3.63) is 53.6 Å². The molecule has 0 spiro atoms. The topological polar surface area (TPSA) is 58.2 Å². The van der Waals surface area contributed by atoms with Crippen molar-refractivity contribution in [1.82, 2.24) is 14.9 Å². The summed E-state index contributed by atoms with van der Waals surface area (Å²) in [6.07, 6.45) is 3.27. The van der Waals surface area contributed by atoms with Crippen LogP contribution in [0.1, 0.15) is 36.8 Å². The molecule has 0 radical (unpaired) electrons. The maximum absolute atomic E-state index is 13.0. The summed E-state index contributed by atoms with van der Waals surface area (Å²) in [6, 6.07) is 8.19. The van der Waals surface area contributed by atoms with Crippen LogP contribution in [-0.4, -0.2) is 40.5 Å². The second-order valence-corrected chi connectivity index (χ2v) is 6.56. The van der Waals surface area contributed by atoms with Crippen molar-refractivity contribution in [2.45, 2.75) is 32.3 Å². The van der Waals surface area contributed by atoms with Crippen LogP contribution >= 0.6 is 0 Å². The summed E-state index contributed by atoms with van der Waals surface area (Å²) in [4.78, 5) is 22.0. The van der Waals surface area contributed by atoms with E-state index in [1.165, 1.54) is 5.56 Å². The average molecular weight is 313 g/mol. The zero-order valence-corrected chi connectivity index (χ0v) is 13.9. The van der Waals surface area contributed by atoms with Gasteiger partial charge in [-0.05, 0) is 31.9 Å². The molecule has 5 heteroatoms. The Morgan fingerprint density at radius 1 is 1.39 bits per heavy atom. The van der Waals surface area contributed by atoms with Gasteiger partial charge in [-0.25, -0.2) is 4.98 Å². The highest BCUT2D eigenvalue weighted by Gasteiger charge is 2.37. The maximum Gasteiger partial charge on any atom is 0.234 e. The fraction of sp³-hybridized carbons (Fsp3) is 0.444. The predicted octanol–water partition coefficient (Wildman–Crippen LogP) is 2.60. The molecule has 1 unspecified atom stereocenters. The highest BCUT2D eigenvalue weighted by atomic mass is 16.5. The van der Waals surface area contributed by atoms with Crippen molar-refractivity contribution < 1.29 is 9.53 Å². The summed E-state index contributed by atoms with van der Waals surface area (Å²) >= 11 is 0. The van der Waals surface area contributed by atoms with E-state index in [2.05, 4.69) is 29.0 Å². The Kier molecular flexibility index (Phi) is 4.22. The Morgan fingerprint density at radius 2 is 2.17 bits per heavy atom. The lowest BCUT2D eigenvalue weighted by Crippen LogP contribution is -2.49. The number of hydrogen-bond donors (Lipinski definition) is 1. The number of rotatable bonds is 3. The number of aromatic amines is 1. The molecule has 0 bridgehead atoms. The largest absolute Gasteiger partial charge is 0.370 e. The predicted molar refractivity (Wildman–Crippen MR) is 88.1 cm³/mol. The van der Waals surface area contributed by atoms with Crippen LogP contribution < -0.4 is 0 Å². The van der Waals surface area contributed by atoms with E-state index < -0.39 is 5.41 Å². The molecule has 0 aliphatic carbocycles. The molecule has 122 valence electrons. The van der Waals surface area contributed by atoms with E-state index >= 15 is 0 Å². The van der Waals surface area contributed by atoms with Gasteiger partial charge < -0.3 is 14.6 Å². The Balaban J connectivity index is 1.79. The van der Waals surface area contributed by atoms with Crippen LogP contribution in [0.15, 0.2) is 36.8 Å². The van der Waals surface area contributed by atoms with E-state index in [1.54, 1.807) is 12.5 Å². The number of H-pyrrole nitrogens is 1. The highest BCUT2D eigenvalue weighted by molar-refractivity contribution is 5.87. The lowest BCUT2D eigenvalue weighted by Gasteiger charge is -2.37. The number of amides is 1. The molecule has 1 aromatic heterocycles. The molecule has 2 aromatic rings. The molecule has 1 amide bonds. The smallest absolute Gasteiger partial charge is 0.234 e. The van der Waals surface area contributed by atoms with Crippen LogP contribution in [0.2, 0.25) is 0 Å². The van der Waals surface area contributed by atoms with Crippen LogP contribution in [0.3, 0.4) is 0 Å². The van der Waals surface area contributed by atoms with Gasteiger partial charge in [0.2, 0.25) is 5.91 Å². The molecule has 3 rings (SSSR count). The van der Waals surface area contributed by atoms with E-state index in [9.17, 15) is 4.79 Å². The molecule has 1 N–H and O–H groups in total. The van der Waals surface area contributed by atoms with E-state index in [-0.39, 0.29) is 12.0 Å². The van der Waals surface area contributed by atoms with Crippen LogP contribution in [0, 0.1) is 6.92 Å². The van der Waals surface area contributed by atoms with Gasteiger partial charge in [-0.3, -0.25) is 4.79 Å². The molecular formula is C18H23N3O2. The van der Waals surface area contributed by atoms with Crippen molar-refractivity contribution in [2.24, 2.45) is 0 Å². The van der Waals surface area contributed by atoms with Crippen molar-refractivity contribution in [3.63, 3.8) is 0 Å². The van der Waals surface area contributed by atoms with Gasteiger partial charge in [-0.15, -0.1) is 0 Å². The SMILES string of the molecule is Cc1ccccc1C1CN(C(=O)C(C)(C)c2cnc[nH]2)CCO1. The summed E-state index contributed by atoms with van der Waals surface area (Å²) in [5.74, 6) is 0.101. The molecule has 1 atom stereocenters. The Labute approximate surface area is 136 Å². The number of aromatic nitrogens is 2. The number of morpholine rings is 1. The van der Waals surface area contributed by atoms with Gasteiger partial charge >= 0.3 is 0 Å². The standard InChI is InChI=1S/C18H23N3O2/c1-13-6-4-5-7-14(13)15-11-21(8-9-23-15)17(22)18(2,3)16-10-19-12-20-16/h4-7,10,12,15H,8-9,11H2,1-3H3,(H,19,20). The first kappa shape index (κ1) is 15.7. The summed E-state index contributed by atoms with van der Waals surface area (Å²) < 4.78 is 5.91. The number of carbonyl (C=O) groups is 1. The fourth-order valence-corrected chi connectivity index (χ4v) is 3.08. The molecule has 23 heavy (non-hydrogen) atoms. The zero-order chi connectivity index (χ0) is 16.4. The van der Waals surface area contributed by atoms with Gasteiger partial charge in [-0.2, -0.15) is 0 Å². The lowest BCUT2D eigenvalue weighted by atomic mass is 9.87. The number of nitrogens with zero attached hydrogens (tertiary/aromatic N) is 2. The van der Waals surface area contributed by atoms with Crippen molar-refractivity contribution in [1.29, 1.82) is 0 Å². The summed E-state index contributed by atoms with van der Waals surface area (Å²) in [5, 5.41) is 0.